The number of hydrogen-bond donors (Lipinski definition) is 0. The lowest BCUT2D eigenvalue weighted by Crippen LogP contribution is -2.36. The van der Waals surface area contributed by atoms with Crippen LogP contribution in [0.25, 0.3) is 6.08 Å². The molecule has 1 saturated heterocycles. The molecule has 7 nitrogen and oxygen atoms in total. The van der Waals surface area contributed by atoms with Gasteiger partial charge in [-0.15, -0.1) is 0 Å². The van der Waals surface area contributed by atoms with Crippen molar-refractivity contribution in [2.75, 3.05) is 26.2 Å². The fourth-order valence-corrected chi connectivity index (χ4v) is 4.33. The van der Waals surface area contributed by atoms with Crippen LogP contribution in [0.15, 0.2) is 53.7 Å². The van der Waals surface area contributed by atoms with Crippen molar-refractivity contribution in [3.05, 3.63) is 54.4 Å². The van der Waals surface area contributed by atoms with E-state index in [0.29, 0.717) is 26.1 Å². The van der Waals surface area contributed by atoms with Crippen LogP contribution in [0.4, 0.5) is 0 Å². The molecule has 0 saturated carbocycles. The molecule has 0 unspecified atom stereocenters. The monoisotopic (exact) mass is 374 g/mol. The van der Waals surface area contributed by atoms with E-state index in [-0.39, 0.29) is 17.3 Å². The molecule has 0 radical (unpaired) electrons. The van der Waals surface area contributed by atoms with E-state index in [0.717, 1.165) is 5.56 Å². The zero-order valence-electron chi connectivity index (χ0n) is 14.7. The number of hydrogen-bond acceptors (Lipinski definition) is 4. The van der Waals surface area contributed by atoms with Gasteiger partial charge in [-0.2, -0.15) is 9.40 Å². The minimum Gasteiger partial charge on any atom is -0.338 e. The van der Waals surface area contributed by atoms with E-state index in [1.54, 1.807) is 24.1 Å². The third-order valence-corrected chi connectivity index (χ3v) is 6.15. The number of rotatable bonds is 4. The van der Waals surface area contributed by atoms with E-state index in [1.807, 2.05) is 30.3 Å². The van der Waals surface area contributed by atoms with E-state index in [4.69, 9.17) is 0 Å². The number of amides is 1. The highest BCUT2D eigenvalue weighted by molar-refractivity contribution is 7.89. The van der Waals surface area contributed by atoms with Crippen molar-refractivity contribution >= 4 is 22.0 Å². The lowest BCUT2D eigenvalue weighted by Gasteiger charge is -2.20. The van der Waals surface area contributed by atoms with Crippen LogP contribution < -0.4 is 0 Å². The molecule has 1 fully saturated rings. The summed E-state index contributed by atoms with van der Waals surface area (Å²) in [5.74, 6) is -0.102. The van der Waals surface area contributed by atoms with Gasteiger partial charge in [-0.05, 0) is 18.1 Å². The summed E-state index contributed by atoms with van der Waals surface area (Å²) in [6.07, 6.45) is 6.76. The second-order valence-corrected chi connectivity index (χ2v) is 8.11. The molecule has 1 amide bonds. The van der Waals surface area contributed by atoms with Crippen molar-refractivity contribution in [1.82, 2.24) is 19.0 Å². The van der Waals surface area contributed by atoms with Crippen molar-refractivity contribution in [2.24, 2.45) is 7.05 Å². The second-order valence-electron chi connectivity index (χ2n) is 6.18. The molecule has 1 aliphatic rings. The molecule has 138 valence electrons. The minimum atomic E-state index is -3.57. The average Bonchev–Trinajstić information content (AvgIpc) is 2.93. The second kappa shape index (κ2) is 7.84. The molecule has 0 aliphatic carbocycles. The number of nitrogens with zero attached hydrogens (tertiary/aromatic N) is 4. The Labute approximate surface area is 153 Å². The summed E-state index contributed by atoms with van der Waals surface area (Å²) in [6.45, 7) is 1.58. The van der Waals surface area contributed by atoms with Gasteiger partial charge >= 0.3 is 0 Å². The Morgan fingerprint density at radius 3 is 2.58 bits per heavy atom. The number of aromatic nitrogens is 2. The van der Waals surface area contributed by atoms with Crippen LogP contribution in [0, 0.1) is 0 Å². The van der Waals surface area contributed by atoms with Gasteiger partial charge in [0.05, 0.1) is 6.20 Å². The van der Waals surface area contributed by atoms with Gasteiger partial charge in [0.25, 0.3) is 0 Å². The largest absolute Gasteiger partial charge is 0.338 e. The third kappa shape index (κ3) is 4.20. The molecular formula is C18H22N4O3S. The van der Waals surface area contributed by atoms with Crippen LogP contribution in [-0.4, -0.2) is 59.5 Å². The molecule has 0 atom stereocenters. The third-order valence-electron chi connectivity index (χ3n) is 4.30. The molecule has 0 bridgehead atoms. The maximum absolute atomic E-state index is 12.7. The summed E-state index contributed by atoms with van der Waals surface area (Å²) < 4.78 is 28.3. The highest BCUT2D eigenvalue weighted by Crippen LogP contribution is 2.17. The maximum Gasteiger partial charge on any atom is 0.246 e. The fraction of sp³-hybridized carbons (Fsp3) is 0.333. The van der Waals surface area contributed by atoms with E-state index in [1.165, 1.54) is 21.4 Å². The van der Waals surface area contributed by atoms with Crippen molar-refractivity contribution in [2.45, 2.75) is 11.3 Å². The quantitative estimate of drug-likeness (QED) is 0.757. The van der Waals surface area contributed by atoms with Gasteiger partial charge in [-0.25, -0.2) is 8.42 Å². The van der Waals surface area contributed by atoms with Gasteiger partial charge < -0.3 is 4.90 Å². The first-order chi connectivity index (χ1) is 12.5. The van der Waals surface area contributed by atoms with Crippen LogP contribution in [0.3, 0.4) is 0 Å². The normalized spacial score (nSPS) is 16.7. The molecule has 2 aromatic rings. The van der Waals surface area contributed by atoms with Gasteiger partial charge in [0.1, 0.15) is 4.90 Å². The van der Waals surface area contributed by atoms with Crippen molar-refractivity contribution in [1.29, 1.82) is 0 Å². The summed E-state index contributed by atoms with van der Waals surface area (Å²) in [5.41, 5.74) is 0.955. The molecule has 8 heteroatoms. The molecule has 1 aromatic heterocycles. The molecule has 26 heavy (non-hydrogen) atoms. The van der Waals surface area contributed by atoms with E-state index in [2.05, 4.69) is 5.10 Å². The standard InChI is InChI=1S/C18H22N4O3S/c1-20-15-17(14-19-20)26(24,25)22-11-5-10-21(12-13-22)18(23)9-8-16-6-3-2-4-7-16/h2-4,6-9,14-15H,5,10-13H2,1H3/b9-8+. The summed E-state index contributed by atoms with van der Waals surface area (Å²) in [5, 5.41) is 3.93. The Kier molecular flexibility index (Phi) is 5.53. The minimum absolute atomic E-state index is 0.102. The number of sulfonamides is 1. The van der Waals surface area contributed by atoms with Crippen LogP contribution in [0.2, 0.25) is 0 Å². The van der Waals surface area contributed by atoms with Crippen LogP contribution in [-0.2, 0) is 21.9 Å². The van der Waals surface area contributed by atoms with Crippen LogP contribution in [0.1, 0.15) is 12.0 Å². The Bertz CT molecular complexity index is 890. The molecule has 2 heterocycles. The average molecular weight is 374 g/mol. The molecule has 1 aromatic carbocycles. The Morgan fingerprint density at radius 1 is 1.12 bits per heavy atom. The Morgan fingerprint density at radius 2 is 1.88 bits per heavy atom. The number of aryl methyl sites for hydroxylation is 1. The zero-order valence-corrected chi connectivity index (χ0v) is 15.5. The van der Waals surface area contributed by atoms with Crippen molar-refractivity contribution < 1.29 is 13.2 Å². The van der Waals surface area contributed by atoms with Crippen LogP contribution >= 0.6 is 0 Å². The first-order valence-electron chi connectivity index (χ1n) is 8.48. The Balaban J connectivity index is 1.64. The predicted molar refractivity (Wildman–Crippen MR) is 98.6 cm³/mol. The molecule has 0 N–H and O–H groups in total. The molecule has 3 rings (SSSR count). The SMILES string of the molecule is Cn1cc(S(=O)(=O)N2CCCN(C(=O)/C=C/c3ccccc3)CC2)cn1. The Hall–Kier alpha value is -2.45. The summed E-state index contributed by atoms with van der Waals surface area (Å²) in [6, 6.07) is 9.60. The fourth-order valence-electron chi connectivity index (χ4n) is 2.87. The highest BCUT2D eigenvalue weighted by Gasteiger charge is 2.28. The van der Waals surface area contributed by atoms with Gasteiger partial charge in [0.15, 0.2) is 0 Å². The van der Waals surface area contributed by atoms with Gasteiger partial charge in [-0.3, -0.25) is 9.48 Å². The van der Waals surface area contributed by atoms with Gasteiger partial charge in [-0.1, -0.05) is 30.3 Å². The number of benzene rings is 1. The summed E-state index contributed by atoms with van der Waals surface area (Å²) in [7, 11) is -1.89. The molecule has 1 aliphatic heterocycles. The van der Waals surface area contributed by atoms with Gasteiger partial charge in [0, 0.05) is 45.5 Å². The van der Waals surface area contributed by atoms with Crippen molar-refractivity contribution in [3.8, 4) is 0 Å². The summed E-state index contributed by atoms with van der Waals surface area (Å²) in [4.78, 5) is 14.3. The van der Waals surface area contributed by atoms with E-state index < -0.39 is 10.0 Å². The van der Waals surface area contributed by atoms with Crippen LogP contribution in [0.5, 0.6) is 0 Å². The first kappa shape index (κ1) is 18.3. The van der Waals surface area contributed by atoms with E-state index in [9.17, 15) is 13.2 Å². The topological polar surface area (TPSA) is 75.5 Å². The highest BCUT2D eigenvalue weighted by atomic mass is 32.2. The number of carbonyl (C=O) groups excluding carboxylic acids is 1. The zero-order chi connectivity index (χ0) is 18.6. The molecule has 0 spiro atoms. The van der Waals surface area contributed by atoms with Crippen molar-refractivity contribution in [3.63, 3.8) is 0 Å². The maximum atomic E-state index is 12.7. The summed E-state index contributed by atoms with van der Waals surface area (Å²) >= 11 is 0. The predicted octanol–water partition coefficient (Wildman–Crippen LogP) is 1.36. The van der Waals surface area contributed by atoms with Gasteiger partial charge in [0.2, 0.25) is 15.9 Å². The van der Waals surface area contributed by atoms with E-state index >= 15 is 0 Å². The first-order valence-corrected chi connectivity index (χ1v) is 9.92. The number of carbonyl (C=O) groups is 1. The smallest absolute Gasteiger partial charge is 0.246 e. The lowest BCUT2D eigenvalue weighted by molar-refractivity contribution is -0.125. The molecular weight excluding hydrogens is 352 g/mol. The lowest BCUT2D eigenvalue weighted by atomic mass is 10.2.